The molecule has 20 heavy (non-hydrogen) atoms. The fraction of sp³-hybridized carbons (Fsp3) is 0.467. The van der Waals surface area contributed by atoms with E-state index in [-0.39, 0.29) is 5.91 Å². The van der Waals surface area contributed by atoms with Crippen molar-refractivity contribution in [3.63, 3.8) is 0 Å². The minimum absolute atomic E-state index is 0.355. The molecule has 5 heteroatoms. The van der Waals surface area contributed by atoms with Crippen LogP contribution in [-0.2, 0) is 20.7 Å². The summed E-state index contributed by atoms with van der Waals surface area (Å²) >= 11 is 0. The lowest BCUT2D eigenvalue weighted by molar-refractivity contribution is -0.145. The molecule has 0 saturated heterocycles. The Balaban J connectivity index is 2.81. The van der Waals surface area contributed by atoms with Crippen LogP contribution in [0.5, 0.6) is 0 Å². The second kappa shape index (κ2) is 7.05. The van der Waals surface area contributed by atoms with Gasteiger partial charge in [-0.1, -0.05) is 37.3 Å². The molecule has 1 aromatic rings. The number of ether oxygens (including phenoxy) is 1. The molecule has 1 rings (SSSR count). The van der Waals surface area contributed by atoms with Crippen LogP contribution in [0.2, 0.25) is 0 Å². The predicted octanol–water partition coefficient (Wildman–Crippen LogP) is 1.01. The fourth-order valence-corrected chi connectivity index (χ4v) is 1.67. The molecule has 0 saturated carbocycles. The molecule has 2 atom stereocenters. The number of carbonyl (C=O) groups is 2. The third-order valence-corrected chi connectivity index (χ3v) is 3.33. The van der Waals surface area contributed by atoms with Crippen molar-refractivity contribution in [2.45, 2.75) is 38.3 Å². The van der Waals surface area contributed by atoms with Crippen LogP contribution in [-0.4, -0.2) is 30.6 Å². The lowest BCUT2D eigenvalue weighted by Gasteiger charge is -2.25. The maximum atomic E-state index is 12.1. The number of carbonyl (C=O) groups excluding carboxylic acids is 2. The van der Waals surface area contributed by atoms with Gasteiger partial charge < -0.3 is 15.8 Å². The molecule has 0 fully saturated rings. The molecule has 0 bridgehead atoms. The van der Waals surface area contributed by atoms with Crippen LogP contribution in [0.25, 0.3) is 0 Å². The summed E-state index contributed by atoms with van der Waals surface area (Å²) in [6, 6.07) is 8.70. The Kier molecular flexibility index (Phi) is 5.70. The van der Waals surface area contributed by atoms with Crippen LogP contribution in [0.15, 0.2) is 30.3 Å². The van der Waals surface area contributed by atoms with E-state index >= 15 is 0 Å². The molecule has 0 radical (unpaired) electrons. The Labute approximate surface area is 119 Å². The zero-order valence-corrected chi connectivity index (χ0v) is 12.2. The number of nitrogens with two attached hydrogens (primary N) is 1. The lowest BCUT2D eigenvalue weighted by atomic mass is 9.98. The maximum absolute atomic E-state index is 12.1. The second-order valence-corrected chi connectivity index (χ2v) is 5.01. The highest BCUT2D eigenvalue weighted by atomic mass is 16.5. The van der Waals surface area contributed by atoms with Crippen LogP contribution < -0.4 is 11.1 Å². The van der Waals surface area contributed by atoms with Gasteiger partial charge in [-0.3, -0.25) is 4.79 Å². The van der Waals surface area contributed by atoms with Crippen molar-refractivity contribution < 1.29 is 14.3 Å². The lowest BCUT2D eigenvalue weighted by Crippen LogP contribution is -2.56. The average Bonchev–Trinajstić information content (AvgIpc) is 2.46. The first kappa shape index (κ1) is 16.2. The number of hydrogen-bond acceptors (Lipinski definition) is 4. The molecule has 0 aliphatic carbocycles. The SMILES string of the molecule is CCC(C)(N)C(=O)NC(Cc1ccccc1)C(=O)OC. The first-order valence-electron chi connectivity index (χ1n) is 6.62. The zero-order chi connectivity index (χ0) is 15.2. The van der Waals surface area contributed by atoms with Gasteiger partial charge in [0.25, 0.3) is 0 Å². The number of rotatable bonds is 6. The predicted molar refractivity (Wildman–Crippen MR) is 77.0 cm³/mol. The van der Waals surface area contributed by atoms with Crippen LogP contribution in [0, 0.1) is 0 Å². The van der Waals surface area contributed by atoms with Crippen molar-refractivity contribution >= 4 is 11.9 Å². The topological polar surface area (TPSA) is 81.4 Å². The van der Waals surface area contributed by atoms with Gasteiger partial charge >= 0.3 is 5.97 Å². The second-order valence-electron chi connectivity index (χ2n) is 5.01. The van der Waals surface area contributed by atoms with Gasteiger partial charge in [-0.05, 0) is 18.9 Å². The van der Waals surface area contributed by atoms with Crippen LogP contribution in [0.1, 0.15) is 25.8 Å². The number of esters is 1. The highest BCUT2D eigenvalue weighted by Crippen LogP contribution is 2.08. The van der Waals surface area contributed by atoms with Gasteiger partial charge in [0.2, 0.25) is 5.91 Å². The van der Waals surface area contributed by atoms with Crippen LogP contribution >= 0.6 is 0 Å². The summed E-state index contributed by atoms with van der Waals surface area (Å²) in [5.74, 6) is -0.833. The Morgan fingerprint density at radius 3 is 2.45 bits per heavy atom. The first-order valence-corrected chi connectivity index (χ1v) is 6.62. The number of benzene rings is 1. The van der Waals surface area contributed by atoms with E-state index in [1.807, 2.05) is 37.3 Å². The van der Waals surface area contributed by atoms with E-state index in [1.54, 1.807) is 6.92 Å². The van der Waals surface area contributed by atoms with Crippen LogP contribution in [0.4, 0.5) is 0 Å². The van der Waals surface area contributed by atoms with Gasteiger partial charge in [-0.15, -0.1) is 0 Å². The average molecular weight is 278 g/mol. The largest absolute Gasteiger partial charge is 0.467 e. The normalized spacial score (nSPS) is 15.0. The number of hydrogen-bond donors (Lipinski definition) is 2. The molecule has 2 unspecified atom stereocenters. The number of methoxy groups -OCH3 is 1. The minimum Gasteiger partial charge on any atom is -0.467 e. The summed E-state index contributed by atoms with van der Waals surface area (Å²) in [5, 5.41) is 2.67. The molecular weight excluding hydrogens is 256 g/mol. The molecule has 0 aromatic heterocycles. The van der Waals surface area contributed by atoms with Crippen LogP contribution in [0.3, 0.4) is 0 Å². The fourth-order valence-electron chi connectivity index (χ4n) is 1.67. The number of nitrogens with one attached hydrogen (secondary N) is 1. The van der Waals surface area contributed by atoms with Gasteiger partial charge in [-0.2, -0.15) is 0 Å². The Hall–Kier alpha value is -1.88. The van der Waals surface area contributed by atoms with Gasteiger partial charge in [-0.25, -0.2) is 4.79 Å². The monoisotopic (exact) mass is 278 g/mol. The third-order valence-electron chi connectivity index (χ3n) is 3.33. The molecule has 0 spiro atoms. The van der Waals surface area contributed by atoms with Crippen molar-refractivity contribution in [3.05, 3.63) is 35.9 Å². The van der Waals surface area contributed by atoms with Gasteiger partial charge in [0.15, 0.2) is 0 Å². The molecule has 5 nitrogen and oxygen atoms in total. The third kappa shape index (κ3) is 4.35. The highest BCUT2D eigenvalue weighted by Gasteiger charge is 2.30. The van der Waals surface area contributed by atoms with Crippen molar-refractivity contribution in [3.8, 4) is 0 Å². The molecule has 110 valence electrons. The molecular formula is C15H22N2O3. The Morgan fingerprint density at radius 2 is 1.95 bits per heavy atom. The smallest absolute Gasteiger partial charge is 0.328 e. The van der Waals surface area contributed by atoms with Gasteiger partial charge in [0, 0.05) is 6.42 Å². The van der Waals surface area contributed by atoms with E-state index in [1.165, 1.54) is 7.11 Å². The van der Waals surface area contributed by atoms with Gasteiger partial charge in [0.05, 0.1) is 12.6 Å². The quantitative estimate of drug-likeness (QED) is 0.761. The Morgan fingerprint density at radius 1 is 1.35 bits per heavy atom. The summed E-state index contributed by atoms with van der Waals surface area (Å²) < 4.78 is 4.74. The highest BCUT2D eigenvalue weighted by molar-refractivity contribution is 5.90. The first-order chi connectivity index (χ1) is 9.40. The standard InChI is InChI=1S/C15H22N2O3/c1-4-15(2,16)14(19)17-12(13(18)20-3)10-11-8-6-5-7-9-11/h5-9,12H,4,10,16H2,1-3H3,(H,17,19). The summed E-state index contributed by atoms with van der Waals surface area (Å²) in [6.45, 7) is 3.46. The summed E-state index contributed by atoms with van der Waals surface area (Å²) in [6.07, 6.45) is 0.858. The molecule has 1 aromatic carbocycles. The van der Waals surface area contributed by atoms with E-state index in [4.69, 9.17) is 10.5 Å². The summed E-state index contributed by atoms with van der Waals surface area (Å²) in [5.41, 5.74) is 5.82. The molecule has 3 N–H and O–H groups in total. The van der Waals surface area contributed by atoms with Gasteiger partial charge in [0.1, 0.15) is 6.04 Å². The number of amides is 1. The van der Waals surface area contributed by atoms with E-state index in [0.717, 1.165) is 5.56 Å². The van der Waals surface area contributed by atoms with E-state index in [0.29, 0.717) is 12.8 Å². The molecule has 0 aliphatic heterocycles. The molecule has 0 aliphatic rings. The Bertz CT molecular complexity index is 457. The zero-order valence-electron chi connectivity index (χ0n) is 12.2. The molecule has 1 amide bonds. The summed E-state index contributed by atoms with van der Waals surface area (Å²) in [7, 11) is 1.30. The molecule has 0 heterocycles. The van der Waals surface area contributed by atoms with Crippen molar-refractivity contribution in [1.29, 1.82) is 0 Å². The maximum Gasteiger partial charge on any atom is 0.328 e. The van der Waals surface area contributed by atoms with E-state index in [9.17, 15) is 9.59 Å². The van der Waals surface area contributed by atoms with Crippen molar-refractivity contribution in [2.24, 2.45) is 5.73 Å². The van der Waals surface area contributed by atoms with E-state index < -0.39 is 17.6 Å². The summed E-state index contributed by atoms with van der Waals surface area (Å²) in [4.78, 5) is 23.9. The minimum atomic E-state index is -0.997. The van der Waals surface area contributed by atoms with Crippen molar-refractivity contribution in [2.75, 3.05) is 7.11 Å². The van der Waals surface area contributed by atoms with Crippen molar-refractivity contribution in [1.82, 2.24) is 5.32 Å². The van der Waals surface area contributed by atoms with E-state index in [2.05, 4.69) is 5.32 Å².